The Morgan fingerprint density at radius 2 is 2.00 bits per heavy atom. The molecule has 28 heavy (non-hydrogen) atoms. The number of hydrogen-bond donors (Lipinski definition) is 3. The predicted molar refractivity (Wildman–Crippen MR) is 115 cm³/mol. The van der Waals surface area contributed by atoms with E-state index < -0.39 is 0 Å². The summed E-state index contributed by atoms with van der Waals surface area (Å²) >= 11 is 1.34. The number of aromatic nitrogens is 2. The molecule has 8 heteroatoms. The third kappa shape index (κ3) is 5.68. The van der Waals surface area contributed by atoms with Crippen molar-refractivity contribution in [3.63, 3.8) is 0 Å². The predicted octanol–water partition coefficient (Wildman–Crippen LogP) is 3.59. The average molecular weight is 400 g/mol. The van der Waals surface area contributed by atoms with Crippen molar-refractivity contribution in [3.05, 3.63) is 53.7 Å². The quantitative estimate of drug-likeness (QED) is 0.591. The molecule has 0 aliphatic carbocycles. The minimum absolute atomic E-state index is 0.113. The molecule has 0 saturated carbocycles. The third-order valence-corrected chi connectivity index (χ3v) is 4.46. The van der Waals surface area contributed by atoms with E-state index in [9.17, 15) is 9.59 Å². The molecule has 3 aromatic rings. The molecule has 0 unspecified atom stereocenters. The van der Waals surface area contributed by atoms with E-state index in [4.69, 9.17) is 0 Å². The molecule has 3 rings (SSSR count). The normalized spacial score (nSPS) is 9.86. The van der Waals surface area contributed by atoms with Gasteiger partial charge in [-0.05, 0) is 18.2 Å². The number of aryl methyl sites for hydroxylation is 1. The number of amides is 2. The fraction of sp³-hybridized carbons (Fsp3) is 0.250. The first-order chi connectivity index (χ1) is 13.5. The van der Waals surface area contributed by atoms with Crippen LogP contribution in [0.3, 0.4) is 0 Å². The zero-order chi connectivity index (χ0) is 20.5. The Hall–Kier alpha value is -3.13. The van der Waals surface area contributed by atoms with Crippen LogP contribution in [0.25, 0.3) is 11.3 Å². The maximum absolute atomic E-state index is 12.0. The lowest BCUT2D eigenvalue weighted by Crippen LogP contribution is -2.32. The van der Waals surface area contributed by atoms with Gasteiger partial charge in [-0.15, -0.1) is 11.3 Å². The molecule has 0 saturated heterocycles. The van der Waals surface area contributed by atoms with Crippen molar-refractivity contribution in [2.75, 3.05) is 24.2 Å². The van der Waals surface area contributed by atoms with Gasteiger partial charge in [0.1, 0.15) is 0 Å². The van der Waals surface area contributed by atoms with Gasteiger partial charge >= 0.3 is 0 Å². The number of anilines is 2. The molecular weight excluding hydrogens is 374 g/mol. The van der Waals surface area contributed by atoms with Gasteiger partial charge in [-0.2, -0.15) is 0 Å². The smallest absolute Gasteiger partial charge is 0.253 e. The number of nitrogens with zero attached hydrogens (tertiary/aromatic N) is 2. The highest BCUT2D eigenvalue weighted by Gasteiger charge is 2.11. The highest BCUT2D eigenvalue weighted by atomic mass is 32.1. The summed E-state index contributed by atoms with van der Waals surface area (Å²) in [6, 6.07) is 9.55. The molecule has 1 aromatic carbocycles. The monoisotopic (exact) mass is 399 g/mol. The van der Waals surface area contributed by atoms with Crippen LogP contribution in [0.1, 0.15) is 24.2 Å². The second-order valence-corrected chi connectivity index (χ2v) is 6.52. The van der Waals surface area contributed by atoms with Crippen molar-refractivity contribution >= 4 is 34.0 Å². The van der Waals surface area contributed by atoms with Crippen LogP contribution in [0.2, 0.25) is 0 Å². The summed E-state index contributed by atoms with van der Waals surface area (Å²) in [5, 5.41) is 10.8. The summed E-state index contributed by atoms with van der Waals surface area (Å²) in [6.45, 7) is 3.89. The van der Waals surface area contributed by atoms with Gasteiger partial charge in [-0.25, -0.2) is 4.98 Å². The lowest BCUT2D eigenvalue weighted by atomic mass is 10.1. The van der Waals surface area contributed by atoms with E-state index >= 15 is 0 Å². The van der Waals surface area contributed by atoms with Crippen LogP contribution in [0.15, 0.2) is 48.1 Å². The van der Waals surface area contributed by atoms with E-state index in [-0.39, 0.29) is 18.4 Å². The van der Waals surface area contributed by atoms with Gasteiger partial charge < -0.3 is 20.5 Å². The number of thiazole rings is 1. The number of rotatable bonds is 6. The zero-order valence-corrected chi connectivity index (χ0v) is 17.3. The van der Waals surface area contributed by atoms with E-state index in [1.165, 1.54) is 11.3 Å². The minimum atomic E-state index is -0.320. The van der Waals surface area contributed by atoms with Crippen molar-refractivity contribution in [3.8, 4) is 11.3 Å². The van der Waals surface area contributed by atoms with Crippen LogP contribution in [-0.2, 0) is 11.8 Å². The Morgan fingerprint density at radius 3 is 2.68 bits per heavy atom. The molecule has 0 spiro atoms. The molecule has 3 N–H and O–H groups in total. The lowest BCUT2D eigenvalue weighted by molar-refractivity contribution is -0.115. The molecule has 0 fully saturated rings. The summed E-state index contributed by atoms with van der Waals surface area (Å²) in [7, 11) is 3.69. The summed E-state index contributed by atoms with van der Waals surface area (Å²) in [6.07, 6.45) is 3.47. The Kier molecular flexibility index (Phi) is 7.76. The Balaban J connectivity index is 0.00000136. The topological polar surface area (TPSA) is 88.0 Å². The van der Waals surface area contributed by atoms with E-state index in [0.717, 1.165) is 16.9 Å². The maximum atomic E-state index is 12.0. The summed E-state index contributed by atoms with van der Waals surface area (Å²) < 4.78 is 1.77. The minimum Gasteiger partial charge on any atom is -0.388 e. The maximum Gasteiger partial charge on any atom is 0.253 e. The Morgan fingerprint density at radius 1 is 1.21 bits per heavy atom. The van der Waals surface area contributed by atoms with Crippen LogP contribution in [-0.4, -0.2) is 35.0 Å². The first-order valence-electron chi connectivity index (χ1n) is 8.99. The number of carbonyl (C=O) groups is 2. The second kappa shape index (κ2) is 10.3. The van der Waals surface area contributed by atoms with E-state index in [1.54, 1.807) is 23.0 Å². The molecular formula is C20H25N5O2S. The fourth-order valence-corrected chi connectivity index (χ4v) is 3.10. The molecule has 0 radical (unpaired) electrons. The van der Waals surface area contributed by atoms with Crippen molar-refractivity contribution < 1.29 is 9.59 Å². The van der Waals surface area contributed by atoms with Crippen LogP contribution in [0.4, 0.5) is 10.8 Å². The van der Waals surface area contributed by atoms with Crippen molar-refractivity contribution in [1.29, 1.82) is 0 Å². The van der Waals surface area contributed by atoms with Crippen LogP contribution in [0, 0.1) is 0 Å². The molecule has 0 aliphatic heterocycles. The van der Waals surface area contributed by atoms with Crippen LogP contribution < -0.4 is 16.0 Å². The summed E-state index contributed by atoms with van der Waals surface area (Å²) in [4.78, 5) is 28.4. The third-order valence-electron chi connectivity index (χ3n) is 3.70. The molecule has 148 valence electrons. The van der Waals surface area contributed by atoms with E-state index in [2.05, 4.69) is 20.9 Å². The van der Waals surface area contributed by atoms with Gasteiger partial charge in [0.25, 0.3) is 5.91 Å². The highest BCUT2D eigenvalue weighted by Crippen LogP contribution is 2.26. The van der Waals surface area contributed by atoms with E-state index in [0.29, 0.717) is 10.7 Å². The van der Waals surface area contributed by atoms with Gasteiger partial charge in [-0.1, -0.05) is 26.0 Å². The van der Waals surface area contributed by atoms with Gasteiger partial charge in [0, 0.05) is 43.1 Å². The summed E-state index contributed by atoms with van der Waals surface area (Å²) in [5.41, 5.74) is 3.26. The highest BCUT2D eigenvalue weighted by molar-refractivity contribution is 7.14. The van der Waals surface area contributed by atoms with Crippen molar-refractivity contribution in [2.24, 2.45) is 7.05 Å². The Labute approximate surface area is 168 Å². The van der Waals surface area contributed by atoms with E-state index in [1.807, 2.05) is 57.6 Å². The standard InChI is InChI=1S/C18H19N5O2S.C2H6/c1-19-14-5-3-4-12(8-14)15-11-26-18(21-15)22-16(24)9-20-17(25)13-6-7-23(2)10-13;1-2/h3-8,10-11,19H,9H2,1-2H3,(H,20,25)(H,21,22,24);1-2H3. The number of hydrogen-bond acceptors (Lipinski definition) is 5. The molecule has 0 aliphatic rings. The largest absolute Gasteiger partial charge is 0.388 e. The zero-order valence-electron chi connectivity index (χ0n) is 16.4. The molecule has 2 amide bonds. The molecule has 7 nitrogen and oxygen atoms in total. The Bertz CT molecular complexity index is 932. The van der Waals surface area contributed by atoms with Gasteiger partial charge in [-0.3, -0.25) is 9.59 Å². The van der Waals surface area contributed by atoms with Gasteiger partial charge in [0.2, 0.25) is 5.91 Å². The SMILES string of the molecule is CC.CNc1cccc(-c2csc(NC(=O)CNC(=O)c3ccn(C)c3)n2)c1. The molecule has 0 bridgehead atoms. The molecule has 2 aromatic heterocycles. The summed E-state index contributed by atoms with van der Waals surface area (Å²) in [5.74, 6) is -0.608. The first-order valence-corrected chi connectivity index (χ1v) is 9.87. The van der Waals surface area contributed by atoms with Crippen LogP contribution >= 0.6 is 11.3 Å². The lowest BCUT2D eigenvalue weighted by Gasteiger charge is -2.04. The molecule has 2 heterocycles. The number of benzene rings is 1. The first kappa shape index (κ1) is 21.2. The number of nitrogens with one attached hydrogen (secondary N) is 3. The van der Waals surface area contributed by atoms with Crippen molar-refractivity contribution in [1.82, 2.24) is 14.9 Å². The van der Waals surface area contributed by atoms with Gasteiger partial charge in [0.05, 0.1) is 17.8 Å². The number of carbonyl (C=O) groups excluding carboxylic acids is 2. The fourth-order valence-electron chi connectivity index (χ4n) is 2.36. The van der Waals surface area contributed by atoms with Crippen LogP contribution in [0.5, 0.6) is 0 Å². The second-order valence-electron chi connectivity index (χ2n) is 5.67. The molecule has 0 atom stereocenters. The van der Waals surface area contributed by atoms with Gasteiger partial charge in [0.15, 0.2) is 5.13 Å². The average Bonchev–Trinajstić information content (AvgIpc) is 3.37. The van der Waals surface area contributed by atoms with Crippen molar-refractivity contribution in [2.45, 2.75) is 13.8 Å².